The Labute approximate surface area is 124 Å². The van der Waals surface area contributed by atoms with E-state index in [4.69, 9.17) is 11.1 Å². The second kappa shape index (κ2) is 6.50. The van der Waals surface area contributed by atoms with Gasteiger partial charge in [-0.2, -0.15) is 0 Å². The highest BCUT2D eigenvalue weighted by atomic mass is 19.1. The summed E-state index contributed by atoms with van der Waals surface area (Å²) in [6.45, 7) is 3.32. The molecule has 0 saturated heterocycles. The third kappa shape index (κ3) is 4.13. The van der Waals surface area contributed by atoms with Crippen molar-refractivity contribution in [2.45, 2.75) is 20.0 Å². The van der Waals surface area contributed by atoms with E-state index in [0.717, 1.165) is 6.54 Å². The average molecular weight is 285 g/mol. The van der Waals surface area contributed by atoms with Gasteiger partial charge in [0, 0.05) is 24.2 Å². The lowest BCUT2D eigenvalue weighted by Gasteiger charge is -2.17. The Balaban J connectivity index is 2.04. The molecule has 0 atom stereocenters. The van der Waals surface area contributed by atoms with Gasteiger partial charge in [0.05, 0.1) is 0 Å². The number of halogens is 1. The summed E-state index contributed by atoms with van der Waals surface area (Å²) >= 11 is 0. The van der Waals surface area contributed by atoms with Gasteiger partial charge in [-0.25, -0.2) is 4.39 Å². The molecule has 0 heterocycles. The zero-order valence-corrected chi connectivity index (χ0v) is 12.4. The van der Waals surface area contributed by atoms with Gasteiger partial charge in [-0.15, -0.1) is 0 Å². The fraction of sp³-hybridized carbons (Fsp3) is 0.235. The van der Waals surface area contributed by atoms with Gasteiger partial charge >= 0.3 is 0 Å². The minimum absolute atomic E-state index is 0.117. The first-order valence-corrected chi connectivity index (χ1v) is 6.82. The molecule has 21 heavy (non-hydrogen) atoms. The zero-order valence-electron chi connectivity index (χ0n) is 12.4. The first kappa shape index (κ1) is 15.2. The molecule has 4 heteroatoms. The number of nitrogens with two attached hydrogens (primary N) is 1. The maximum absolute atomic E-state index is 14.0. The molecule has 0 aromatic heterocycles. The number of rotatable bonds is 5. The SMILES string of the molecule is Cc1ccc(CN(C)Cc2ccc(C(=N)N)cc2F)cc1. The van der Waals surface area contributed by atoms with E-state index in [1.165, 1.54) is 17.2 Å². The van der Waals surface area contributed by atoms with Gasteiger partial charge in [-0.1, -0.05) is 42.0 Å². The van der Waals surface area contributed by atoms with Crippen molar-refractivity contribution < 1.29 is 4.39 Å². The molecule has 110 valence electrons. The molecule has 2 aromatic rings. The second-order valence-corrected chi connectivity index (χ2v) is 5.38. The highest BCUT2D eigenvalue weighted by Gasteiger charge is 2.08. The first-order valence-electron chi connectivity index (χ1n) is 6.82. The van der Waals surface area contributed by atoms with Gasteiger partial charge in [0.25, 0.3) is 0 Å². The summed E-state index contributed by atoms with van der Waals surface area (Å²) in [7, 11) is 1.96. The Morgan fingerprint density at radius 3 is 2.38 bits per heavy atom. The van der Waals surface area contributed by atoms with Crippen LogP contribution in [0, 0.1) is 18.2 Å². The molecule has 0 aliphatic heterocycles. The van der Waals surface area contributed by atoms with Crippen LogP contribution in [0.15, 0.2) is 42.5 Å². The van der Waals surface area contributed by atoms with Crippen LogP contribution in [-0.2, 0) is 13.1 Å². The van der Waals surface area contributed by atoms with Crippen molar-refractivity contribution in [3.8, 4) is 0 Å². The van der Waals surface area contributed by atoms with E-state index < -0.39 is 0 Å². The van der Waals surface area contributed by atoms with E-state index in [1.54, 1.807) is 12.1 Å². The Morgan fingerprint density at radius 1 is 1.14 bits per heavy atom. The predicted molar refractivity (Wildman–Crippen MR) is 83.8 cm³/mol. The van der Waals surface area contributed by atoms with Crippen LogP contribution in [0.5, 0.6) is 0 Å². The second-order valence-electron chi connectivity index (χ2n) is 5.38. The van der Waals surface area contributed by atoms with Crippen molar-refractivity contribution >= 4 is 5.84 Å². The lowest BCUT2D eigenvalue weighted by atomic mass is 10.1. The highest BCUT2D eigenvalue weighted by Crippen LogP contribution is 2.14. The molecule has 2 aromatic carbocycles. The van der Waals surface area contributed by atoms with E-state index in [-0.39, 0.29) is 11.7 Å². The molecule has 0 fully saturated rings. The van der Waals surface area contributed by atoms with E-state index in [2.05, 4.69) is 36.1 Å². The summed E-state index contributed by atoms with van der Waals surface area (Å²) in [5.74, 6) is -0.438. The third-order valence-corrected chi connectivity index (χ3v) is 3.38. The Hall–Kier alpha value is -2.20. The van der Waals surface area contributed by atoms with Crippen molar-refractivity contribution in [2.75, 3.05) is 7.05 Å². The van der Waals surface area contributed by atoms with Gasteiger partial charge in [0.2, 0.25) is 0 Å². The van der Waals surface area contributed by atoms with E-state index in [9.17, 15) is 4.39 Å². The van der Waals surface area contributed by atoms with E-state index in [1.807, 2.05) is 7.05 Å². The van der Waals surface area contributed by atoms with Gasteiger partial charge in [0.1, 0.15) is 11.7 Å². The van der Waals surface area contributed by atoms with E-state index >= 15 is 0 Å². The Morgan fingerprint density at radius 2 is 1.81 bits per heavy atom. The lowest BCUT2D eigenvalue weighted by Crippen LogP contribution is -2.18. The number of aryl methyl sites for hydroxylation is 1. The molecule has 0 aliphatic carbocycles. The number of nitrogens with zero attached hydrogens (tertiary/aromatic N) is 1. The fourth-order valence-corrected chi connectivity index (χ4v) is 2.19. The van der Waals surface area contributed by atoms with Crippen LogP contribution in [0.2, 0.25) is 0 Å². The smallest absolute Gasteiger partial charge is 0.128 e. The van der Waals surface area contributed by atoms with Crippen molar-refractivity contribution in [1.29, 1.82) is 5.41 Å². The van der Waals surface area contributed by atoms with Crippen LogP contribution in [0.4, 0.5) is 4.39 Å². The van der Waals surface area contributed by atoms with Crippen molar-refractivity contribution in [1.82, 2.24) is 4.90 Å². The summed E-state index contributed by atoms with van der Waals surface area (Å²) in [6.07, 6.45) is 0. The monoisotopic (exact) mass is 285 g/mol. The molecule has 0 saturated carbocycles. The summed E-state index contributed by atoms with van der Waals surface area (Å²) in [5.41, 5.74) is 8.80. The molecular weight excluding hydrogens is 265 g/mol. The standard InChI is InChI=1S/C17H20FN3/c1-12-3-5-13(6-4-12)10-21(2)11-15-8-7-14(17(19)20)9-16(15)18/h3-9H,10-11H2,1-2H3,(H3,19,20). The highest BCUT2D eigenvalue weighted by molar-refractivity contribution is 5.94. The average Bonchev–Trinajstić information content (AvgIpc) is 2.43. The largest absolute Gasteiger partial charge is 0.384 e. The van der Waals surface area contributed by atoms with Crippen molar-refractivity contribution in [3.63, 3.8) is 0 Å². The molecule has 3 nitrogen and oxygen atoms in total. The quantitative estimate of drug-likeness (QED) is 0.655. The van der Waals surface area contributed by atoms with Crippen LogP contribution in [0.1, 0.15) is 22.3 Å². The molecule has 2 rings (SSSR count). The zero-order chi connectivity index (χ0) is 15.4. The summed E-state index contributed by atoms with van der Waals surface area (Å²) < 4.78 is 14.0. The van der Waals surface area contributed by atoms with Gasteiger partial charge in [-0.3, -0.25) is 10.3 Å². The Bertz CT molecular complexity index is 635. The summed E-state index contributed by atoms with van der Waals surface area (Å²) in [6, 6.07) is 13.0. The number of hydrogen-bond acceptors (Lipinski definition) is 2. The molecule has 0 spiro atoms. The molecule has 0 aliphatic rings. The Kier molecular flexibility index (Phi) is 4.70. The molecule has 0 radical (unpaired) electrons. The van der Waals surface area contributed by atoms with Gasteiger partial charge in [-0.05, 0) is 25.6 Å². The van der Waals surface area contributed by atoms with Crippen LogP contribution >= 0.6 is 0 Å². The maximum atomic E-state index is 14.0. The van der Waals surface area contributed by atoms with Gasteiger partial charge in [0.15, 0.2) is 0 Å². The summed E-state index contributed by atoms with van der Waals surface area (Å²) in [5, 5.41) is 7.31. The van der Waals surface area contributed by atoms with Crippen molar-refractivity contribution in [2.24, 2.45) is 5.73 Å². The third-order valence-electron chi connectivity index (χ3n) is 3.38. The summed E-state index contributed by atoms with van der Waals surface area (Å²) in [4.78, 5) is 2.05. The number of benzene rings is 2. The van der Waals surface area contributed by atoms with Crippen LogP contribution in [-0.4, -0.2) is 17.8 Å². The first-order chi connectivity index (χ1) is 9.95. The number of hydrogen-bond donors (Lipinski definition) is 2. The number of nitrogen functional groups attached to an aromatic ring is 1. The van der Waals surface area contributed by atoms with Crippen LogP contribution < -0.4 is 5.73 Å². The lowest BCUT2D eigenvalue weighted by molar-refractivity contribution is 0.313. The molecule has 3 N–H and O–H groups in total. The molecule has 0 bridgehead atoms. The molecular formula is C17H20FN3. The van der Waals surface area contributed by atoms with Crippen LogP contribution in [0.3, 0.4) is 0 Å². The van der Waals surface area contributed by atoms with Crippen molar-refractivity contribution in [3.05, 3.63) is 70.5 Å². The van der Waals surface area contributed by atoms with E-state index in [0.29, 0.717) is 17.7 Å². The topological polar surface area (TPSA) is 53.1 Å². The van der Waals surface area contributed by atoms with Crippen LogP contribution in [0.25, 0.3) is 0 Å². The predicted octanol–water partition coefficient (Wildman–Crippen LogP) is 3.05. The normalized spacial score (nSPS) is 10.9. The number of nitrogens with one attached hydrogen (secondary N) is 1. The van der Waals surface area contributed by atoms with Gasteiger partial charge < -0.3 is 5.73 Å². The molecule has 0 amide bonds. The molecule has 0 unspecified atom stereocenters. The minimum atomic E-state index is -0.321. The fourth-order valence-electron chi connectivity index (χ4n) is 2.19. The number of amidine groups is 1. The maximum Gasteiger partial charge on any atom is 0.128 e. The minimum Gasteiger partial charge on any atom is -0.384 e.